The van der Waals surface area contributed by atoms with Crippen LogP contribution >= 0.6 is 12.2 Å². The molecule has 3 aromatic rings. The number of halogens is 7. The van der Waals surface area contributed by atoms with Gasteiger partial charge in [-0.25, -0.2) is 4.39 Å². The summed E-state index contributed by atoms with van der Waals surface area (Å²) in [5.74, 6) is -1.40. The highest BCUT2D eigenvalue weighted by atomic mass is 32.1. The summed E-state index contributed by atoms with van der Waals surface area (Å²) in [5.41, 5.74) is -4.10. The molecule has 0 fully saturated rings. The molecule has 0 spiro atoms. The van der Waals surface area contributed by atoms with Crippen molar-refractivity contribution in [3.63, 3.8) is 0 Å². The van der Waals surface area contributed by atoms with Gasteiger partial charge in [-0.3, -0.25) is 9.36 Å². The summed E-state index contributed by atoms with van der Waals surface area (Å²) in [6.45, 7) is 1.59. The van der Waals surface area contributed by atoms with Gasteiger partial charge >= 0.3 is 12.4 Å². The zero-order valence-electron chi connectivity index (χ0n) is 16.9. The van der Waals surface area contributed by atoms with E-state index in [0.717, 1.165) is 21.6 Å². The minimum Gasteiger partial charge on any atom is -0.337 e. The average Bonchev–Trinajstić information content (AvgIpc) is 3.14. The summed E-state index contributed by atoms with van der Waals surface area (Å²) in [6.07, 6.45) is -8.71. The highest BCUT2D eigenvalue weighted by Gasteiger charge is 2.40. The maximum Gasteiger partial charge on any atom is 0.416 e. The topological polar surface area (TPSA) is 41.0 Å². The second kappa shape index (κ2) is 9.00. The van der Waals surface area contributed by atoms with Crippen molar-refractivity contribution in [3.05, 3.63) is 76.1 Å². The zero-order valence-corrected chi connectivity index (χ0v) is 17.7. The van der Waals surface area contributed by atoms with Gasteiger partial charge in [-0.2, -0.15) is 26.3 Å². The summed E-state index contributed by atoms with van der Waals surface area (Å²) in [7, 11) is 0. The molecule has 33 heavy (non-hydrogen) atoms. The van der Waals surface area contributed by atoms with Crippen molar-refractivity contribution in [1.29, 1.82) is 0 Å². The van der Waals surface area contributed by atoms with Crippen molar-refractivity contribution in [2.45, 2.75) is 25.7 Å². The molecule has 3 rings (SSSR count). The maximum atomic E-state index is 13.9. The van der Waals surface area contributed by atoms with Gasteiger partial charge in [-0.05, 0) is 61.1 Å². The van der Waals surface area contributed by atoms with E-state index >= 15 is 0 Å². The summed E-state index contributed by atoms with van der Waals surface area (Å²) in [6, 6.07) is 5.21. The Labute approximate surface area is 188 Å². The Morgan fingerprint density at radius 2 is 1.70 bits per heavy atom. The summed E-state index contributed by atoms with van der Waals surface area (Å²) < 4.78 is 95.8. The van der Waals surface area contributed by atoms with E-state index in [-0.39, 0.29) is 23.1 Å². The first-order valence-electron chi connectivity index (χ1n) is 9.46. The van der Waals surface area contributed by atoms with E-state index in [1.807, 2.05) is 0 Å². The average molecular weight is 491 g/mol. The first kappa shape index (κ1) is 24.5. The minimum atomic E-state index is -5.18. The molecule has 1 N–H and O–H groups in total. The van der Waals surface area contributed by atoms with Gasteiger partial charge in [0.2, 0.25) is 5.91 Å². The monoisotopic (exact) mass is 491 g/mol. The molecule has 1 aromatic heterocycles. The quantitative estimate of drug-likeness (QED) is 0.336. The van der Waals surface area contributed by atoms with Crippen molar-refractivity contribution < 1.29 is 35.5 Å². The van der Waals surface area contributed by atoms with E-state index in [1.165, 1.54) is 24.5 Å². The molecule has 0 atom stereocenters. The van der Waals surface area contributed by atoms with E-state index in [1.54, 1.807) is 6.92 Å². The van der Waals surface area contributed by atoms with Crippen LogP contribution in [0.25, 0.3) is 5.69 Å². The first-order chi connectivity index (χ1) is 15.3. The lowest BCUT2D eigenvalue weighted by molar-refractivity contribution is -0.143. The molecule has 4 nitrogen and oxygen atoms in total. The molecule has 0 unspecified atom stereocenters. The lowest BCUT2D eigenvalue weighted by Crippen LogP contribution is -2.33. The normalized spacial score (nSPS) is 12.1. The second-order valence-electron chi connectivity index (χ2n) is 6.94. The fourth-order valence-corrected chi connectivity index (χ4v) is 3.58. The number of H-pyrrole nitrogens is 1. The number of nitrogens with zero attached hydrogens (tertiary/aromatic N) is 2. The molecule has 0 bridgehead atoms. The third-order valence-corrected chi connectivity index (χ3v) is 5.17. The Bertz CT molecular complexity index is 1210. The highest BCUT2D eigenvalue weighted by Crippen LogP contribution is 2.40. The minimum absolute atomic E-state index is 0.0173. The van der Waals surface area contributed by atoms with Gasteiger partial charge in [-0.1, -0.05) is 0 Å². The third kappa shape index (κ3) is 5.27. The molecule has 0 aliphatic rings. The van der Waals surface area contributed by atoms with Crippen LogP contribution in [0, 0.1) is 10.6 Å². The molecule has 0 aliphatic carbocycles. The Morgan fingerprint density at radius 3 is 2.18 bits per heavy atom. The van der Waals surface area contributed by atoms with E-state index in [0.29, 0.717) is 6.07 Å². The number of likely N-dealkylation sites (N-methyl/N-ethyl adjacent to an activating group) is 1. The van der Waals surface area contributed by atoms with Crippen molar-refractivity contribution in [3.8, 4) is 5.69 Å². The molecule has 176 valence electrons. The number of hydrogen-bond donors (Lipinski definition) is 1. The number of imidazole rings is 1. The third-order valence-electron chi connectivity index (χ3n) is 4.85. The van der Waals surface area contributed by atoms with Gasteiger partial charge in [0.25, 0.3) is 0 Å². The van der Waals surface area contributed by atoms with Crippen molar-refractivity contribution in [2.24, 2.45) is 0 Å². The van der Waals surface area contributed by atoms with Crippen LogP contribution in [0.1, 0.15) is 23.6 Å². The van der Waals surface area contributed by atoms with Gasteiger partial charge in [0, 0.05) is 24.6 Å². The number of benzene rings is 2. The summed E-state index contributed by atoms with van der Waals surface area (Å²) in [5, 5.41) is 0. The van der Waals surface area contributed by atoms with Crippen LogP contribution in [0.15, 0.2) is 48.8 Å². The lowest BCUT2D eigenvalue weighted by Gasteiger charge is -2.24. The summed E-state index contributed by atoms with van der Waals surface area (Å²) >= 11 is 4.99. The summed E-state index contributed by atoms with van der Waals surface area (Å²) in [4.78, 5) is 16.6. The number of carbonyl (C=O) groups is 1. The molecule has 0 radical (unpaired) electrons. The fourth-order valence-electron chi connectivity index (χ4n) is 3.35. The van der Waals surface area contributed by atoms with Gasteiger partial charge < -0.3 is 9.88 Å². The number of aromatic amines is 1. The lowest BCUT2D eigenvalue weighted by atomic mass is 9.97. The smallest absolute Gasteiger partial charge is 0.337 e. The van der Waals surface area contributed by atoms with Crippen LogP contribution in [0.3, 0.4) is 0 Å². The van der Waals surface area contributed by atoms with Crippen molar-refractivity contribution in [1.82, 2.24) is 9.55 Å². The predicted octanol–water partition coefficient (Wildman–Crippen LogP) is 6.31. The molecule has 1 heterocycles. The largest absolute Gasteiger partial charge is 0.416 e. The van der Waals surface area contributed by atoms with E-state index in [4.69, 9.17) is 12.2 Å². The zero-order chi connectivity index (χ0) is 24.6. The van der Waals surface area contributed by atoms with E-state index in [2.05, 4.69) is 4.98 Å². The fraction of sp³-hybridized carbons (Fsp3) is 0.238. The molecule has 2 aromatic carbocycles. The molecular formula is C21H16F7N3OS. The number of carbonyl (C=O) groups excluding carboxylic acids is 1. The first-order valence-corrected chi connectivity index (χ1v) is 9.87. The van der Waals surface area contributed by atoms with Crippen molar-refractivity contribution in [2.75, 3.05) is 11.4 Å². The number of hydrogen-bond acceptors (Lipinski definition) is 2. The molecule has 1 amide bonds. The van der Waals surface area contributed by atoms with Crippen LogP contribution in [0.5, 0.6) is 0 Å². The Hall–Kier alpha value is -3.15. The Kier molecular flexibility index (Phi) is 6.68. The number of anilines is 1. The van der Waals surface area contributed by atoms with Gasteiger partial charge in [0.15, 0.2) is 4.77 Å². The van der Waals surface area contributed by atoms with Crippen molar-refractivity contribution >= 4 is 23.8 Å². The molecule has 0 saturated heterocycles. The van der Waals surface area contributed by atoms with E-state index < -0.39 is 52.9 Å². The SMILES string of the molecule is CCN(C(=O)Cc1c(-n2cc[nH]c2=S)cc(C(F)(F)F)cc1C(F)(F)F)c1ccc(F)cc1. The van der Waals surface area contributed by atoms with Crippen LogP contribution < -0.4 is 4.90 Å². The Balaban J connectivity index is 2.20. The Morgan fingerprint density at radius 1 is 1.06 bits per heavy atom. The van der Waals surface area contributed by atoms with Crippen LogP contribution in [-0.2, 0) is 23.6 Å². The maximum absolute atomic E-state index is 13.9. The molecular weight excluding hydrogens is 475 g/mol. The van der Waals surface area contributed by atoms with Gasteiger partial charge in [-0.15, -0.1) is 0 Å². The number of amides is 1. The van der Waals surface area contributed by atoms with Crippen LogP contribution in [-0.4, -0.2) is 22.0 Å². The molecule has 0 aliphatic heterocycles. The van der Waals surface area contributed by atoms with Crippen LogP contribution in [0.4, 0.5) is 36.4 Å². The number of aromatic nitrogens is 2. The number of nitrogens with one attached hydrogen (secondary N) is 1. The molecule has 0 saturated carbocycles. The number of rotatable bonds is 5. The molecule has 12 heteroatoms. The number of alkyl halides is 6. The standard InChI is InChI=1S/C21H16F7N3OS/c1-2-30(14-5-3-13(22)4-6-14)18(32)11-15-16(21(26,27)28)9-12(20(23,24)25)10-17(15)31-8-7-29-19(31)33/h3-10H,2,11H2,1H3,(H,29,33). The van der Waals surface area contributed by atoms with E-state index in [9.17, 15) is 35.5 Å². The second-order valence-corrected chi connectivity index (χ2v) is 7.33. The highest BCUT2D eigenvalue weighted by molar-refractivity contribution is 7.71. The van der Waals surface area contributed by atoms with Gasteiger partial charge in [0.1, 0.15) is 5.82 Å². The predicted molar refractivity (Wildman–Crippen MR) is 109 cm³/mol. The van der Waals surface area contributed by atoms with Crippen LogP contribution in [0.2, 0.25) is 0 Å². The van der Waals surface area contributed by atoms with Gasteiger partial charge in [0.05, 0.1) is 23.2 Å².